The van der Waals surface area contributed by atoms with Gasteiger partial charge >= 0.3 is 12.2 Å². The lowest BCUT2D eigenvalue weighted by Gasteiger charge is -2.21. The van der Waals surface area contributed by atoms with Gasteiger partial charge in [-0.15, -0.1) is 11.6 Å². The van der Waals surface area contributed by atoms with Crippen molar-refractivity contribution < 1.29 is 19.4 Å². The summed E-state index contributed by atoms with van der Waals surface area (Å²) in [7, 11) is 0. The van der Waals surface area contributed by atoms with E-state index in [0.717, 1.165) is 27.2 Å². The predicted octanol–water partition coefficient (Wildman–Crippen LogP) is 4.49. The van der Waals surface area contributed by atoms with E-state index in [9.17, 15) is 9.90 Å². The Hall–Kier alpha value is -3.38. The Kier molecular flexibility index (Phi) is 3.67. The van der Waals surface area contributed by atoms with Gasteiger partial charge in [-0.2, -0.15) is 0 Å². The smallest absolute Gasteiger partial charge is 0.322 e. The van der Waals surface area contributed by atoms with Crippen molar-refractivity contribution in [2.45, 2.75) is 12.2 Å². The van der Waals surface area contributed by atoms with Crippen molar-refractivity contribution in [3.63, 3.8) is 0 Å². The molecule has 0 saturated heterocycles. The molecule has 6 rings (SSSR count). The third-order valence-corrected chi connectivity index (χ3v) is 6.26. The van der Waals surface area contributed by atoms with Gasteiger partial charge < -0.3 is 24.5 Å². The number of halogens is 1. The van der Waals surface area contributed by atoms with E-state index in [4.69, 9.17) is 21.1 Å². The summed E-state index contributed by atoms with van der Waals surface area (Å²) in [6.07, 6.45) is 0.759. The molecule has 0 aliphatic carbocycles. The van der Waals surface area contributed by atoms with Gasteiger partial charge in [0.2, 0.25) is 0 Å². The molecule has 1 amide bonds. The summed E-state index contributed by atoms with van der Waals surface area (Å²) in [4.78, 5) is 18.1. The highest BCUT2D eigenvalue weighted by molar-refractivity contribution is 6.19. The molecule has 2 aliphatic heterocycles. The largest absolute Gasteiger partial charge is 0.507 e. The van der Waals surface area contributed by atoms with Crippen molar-refractivity contribution in [1.29, 1.82) is 0 Å². The van der Waals surface area contributed by atoms with Crippen molar-refractivity contribution in [2.24, 2.45) is 0 Å². The lowest BCUT2D eigenvalue weighted by atomic mass is 9.95. The number of ether oxygens (including phenoxy) is 2. The molecule has 6 nitrogen and oxygen atoms in total. The van der Waals surface area contributed by atoms with Gasteiger partial charge in [0.25, 0.3) is 0 Å². The van der Waals surface area contributed by atoms with E-state index in [-0.39, 0.29) is 17.6 Å². The highest BCUT2D eigenvalue weighted by Gasteiger charge is 2.41. The van der Waals surface area contributed by atoms with Gasteiger partial charge in [0.15, 0.2) is 11.5 Å². The lowest BCUT2D eigenvalue weighted by molar-refractivity contribution is -0.133. The number of rotatable bonds is 2. The molecule has 3 heterocycles. The number of carbonyl (C=O) groups is 1. The maximum absolute atomic E-state index is 13.4. The van der Waals surface area contributed by atoms with Crippen LogP contribution in [-0.2, 0) is 4.79 Å². The first-order valence-electron chi connectivity index (χ1n) is 9.70. The fourth-order valence-corrected chi connectivity index (χ4v) is 4.74. The van der Waals surface area contributed by atoms with Crippen LogP contribution >= 0.6 is 11.6 Å². The number of amides is 1. The second-order valence-corrected chi connectivity index (χ2v) is 7.91. The van der Waals surface area contributed by atoms with Crippen LogP contribution in [0, 0.1) is 0 Å². The minimum absolute atomic E-state index is 0.0435. The number of nitrogens with zero attached hydrogens (tertiary/aromatic N) is 1. The van der Waals surface area contributed by atoms with E-state index < -0.39 is 6.29 Å². The molecule has 0 fully saturated rings. The third kappa shape index (κ3) is 2.40. The Morgan fingerprint density at radius 3 is 2.70 bits per heavy atom. The summed E-state index contributed by atoms with van der Waals surface area (Å²) in [5.74, 6) is 1.19. The second kappa shape index (κ2) is 6.31. The van der Waals surface area contributed by atoms with Crippen LogP contribution in [0.25, 0.3) is 21.7 Å². The number of phenolic OH excluding ortho intramolecular Hbond substituents is 1. The molecule has 2 atom stereocenters. The zero-order chi connectivity index (χ0) is 20.4. The van der Waals surface area contributed by atoms with Crippen LogP contribution in [0.5, 0.6) is 17.2 Å². The maximum atomic E-state index is 13.4. The molecule has 0 saturated carbocycles. The standard InChI is InChI=1S/C23H17ClN2O4/c24-10-13-11-26(17-9-18(27)14-3-1-2-4-15(14)21(13)17)22(28)23-29-19-7-12-5-6-25-16(12)8-20(19)30-23/h1-9,13,23,25,27H,10-11H2. The molecular formula is C23H17ClN2O4. The highest BCUT2D eigenvalue weighted by Crippen LogP contribution is 2.46. The van der Waals surface area contributed by atoms with Gasteiger partial charge in [0, 0.05) is 53.0 Å². The van der Waals surface area contributed by atoms with E-state index in [1.165, 1.54) is 0 Å². The molecule has 150 valence electrons. The molecular weight excluding hydrogens is 404 g/mol. The molecule has 2 unspecified atom stereocenters. The van der Waals surface area contributed by atoms with Crippen molar-refractivity contribution >= 4 is 44.9 Å². The molecule has 2 N–H and O–H groups in total. The Balaban J connectivity index is 1.38. The molecule has 0 radical (unpaired) electrons. The number of benzene rings is 3. The highest BCUT2D eigenvalue weighted by atomic mass is 35.5. The molecule has 0 spiro atoms. The minimum Gasteiger partial charge on any atom is -0.507 e. The summed E-state index contributed by atoms with van der Waals surface area (Å²) in [5, 5.41) is 13.2. The quantitative estimate of drug-likeness (QED) is 0.468. The van der Waals surface area contributed by atoms with Crippen LogP contribution in [0.4, 0.5) is 5.69 Å². The Labute approximate surface area is 176 Å². The average Bonchev–Trinajstić information content (AvgIpc) is 3.47. The van der Waals surface area contributed by atoms with E-state index >= 15 is 0 Å². The first-order valence-corrected chi connectivity index (χ1v) is 10.2. The summed E-state index contributed by atoms with van der Waals surface area (Å²) >= 11 is 6.26. The Morgan fingerprint density at radius 1 is 1.13 bits per heavy atom. The van der Waals surface area contributed by atoms with Crippen LogP contribution in [0.2, 0.25) is 0 Å². The van der Waals surface area contributed by atoms with Crippen molar-refractivity contribution in [1.82, 2.24) is 4.98 Å². The molecule has 3 aromatic carbocycles. The zero-order valence-electron chi connectivity index (χ0n) is 15.8. The second-order valence-electron chi connectivity index (χ2n) is 7.61. The number of aromatic nitrogens is 1. The van der Waals surface area contributed by atoms with Crippen LogP contribution in [-0.4, -0.2) is 34.7 Å². The van der Waals surface area contributed by atoms with E-state index in [2.05, 4.69) is 4.98 Å². The normalized spacial score (nSPS) is 19.6. The Morgan fingerprint density at radius 2 is 1.90 bits per heavy atom. The third-order valence-electron chi connectivity index (χ3n) is 5.88. The summed E-state index contributed by atoms with van der Waals surface area (Å²) in [6.45, 7) is 0.408. The number of phenols is 1. The molecule has 0 bridgehead atoms. The fourth-order valence-electron chi connectivity index (χ4n) is 4.49. The number of hydrogen-bond donors (Lipinski definition) is 2. The van der Waals surface area contributed by atoms with E-state index in [1.54, 1.807) is 11.0 Å². The van der Waals surface area contributed by atoms with E-state index in [0.29, 0.717) is 29.6 Å². The Bertz CT molecular complexity index is 1290. The van der Waals surface area contributed by atoms with Crippen LogP contribution in [0.15, 0.2) is 54.7 Å². The number of carbonyl (C=O) groups excluding carboxylic acids is 1. The van der Waals surface area contributed by atoms with Gasteiger partial charge in [0.1, 0.15) is 5.75 Å². The first-order chi connectivity index (χ1) is 14.6. The zero-order valence-corrected chi connectivity index (χ0v) is 16.5. The number of aromatic hydroxyl groups is 1. The number of aromatic amines is 1. The number of alkyl halides is 1. The number of anilines is 1. The number of H-pyrrole nitrogens is 1. The van der Waals surface area contributed by atoms with E-state index in [1.807, 2.05) is 48.7 Å². The lowest BCUT2D eigenvalue weighted by Crippen LogP contribution is -2.43. The topological polar surface area (TPSA) is 74.8 Å². The van der Waals surface area contributed by atoms with Crippen molar-refractivity contribution in [2.75, 3.05) is 17.3 Å². The monoisotopic (exact) mass is 420 g/mol. The fraction of sp³-hybridized carbons (Fsp3) is 0.174. The minimum atomic E-state index is -1.08. The van der Waals surface area contributed by atoms with Gasteiger partial charge in [-0.3, -0.25) is 4.79 Å². The van der Waals surface area contributed by atoms with Crippen LogP contribution in [0.1, 0.15) is 11.5 Å². The van der Waals surface area contributed by atoms with Gasteiger partial charge in [-0.25, -0.2) is 0 Å². The maximum Gasteiger partial charge on any atom is 0.322 e. The number of hydrogen-bond acceptors (Lipinski definition) is 4. The predicted molar refractivity (Wildman–Crippen MR) is 115 cm³/mol. The van der Waals surface area contributed by atoms with Gasteiger partial charge in [-0.05, 0) is 23.1 Å². The van der Waals surface area contributed by atoms with Crippen LogP contribution in [0.3, 0.4) is 0 Å². The number of nitrogens with one attached hydrogen (secondary N) is 1. The SMILES string of the molecule is O=C(C1Oc2cc3cc[nH]c3cc2O1)N1CC(CCl)c2c1cc(O)c1ccccc21. The molecule has 2 aliphatic rings. The molecule has 4 aromatic rings. The molecule has 1 aromatic heterocycles. The van der Waals surface area contributed by atoms with Gasteiger partial charge in [-0.1, -0.05) is 24.3 Å². The van der Waals surface area contributed by atoms with Crippen molar-refractivity contribution in [3.05, 3.63) is 60.3 Å². The summed E-state index contributed by atoms with van der Waals surface area (Å²) < 4.78 is 11.7. The summed E-state index contributed by atoms with van der Waals surface area (Å²) in [6, 6.07) is 14.9. The number of fused-ring (bicyclic) bond motifs is 5. The van der Waals surface area contributed by atoms with Crippen molar-refractivity contribution in [3.8, 4) is 17.2 Å². The molecule has 30 heavy (non-hydrogen) atoms. The van der Waals surface area contributed by atoms with Crippen LogP contribution < -0.4 is 14.4 Å². The average molecular weight is 421 g/mol. The first kappa shape index (κ1) is 17.5. The molecule has 7 heteroatoms. The van der Waals surface area contributed by atoms with Gasteiger partial charge in [0.05, 0.1) is 5.69 Å². The summed E-state index contributed by atoms with van der Waals surface area (Å²) in [5.41, 5.74) is 2.53.